The lowest BCUT2D eigenvalue weighted by molar-refractivity contribution is 0.0599. The van der Waals surface area contributed by atoms with Crippen LogP contribution in [0.1, 0.15) is 24.3 Å². The molecular weight excluding hydrogens is 352 g/mol. The van der Waals surface area contributed by atoms with Crippen LogP contribution in [0.3, 0.4) is 0 Å². The normalized spacial score (nSPS) is 16.9. The molecule has 0 saturated carbocycles. The number of aromatic nitrogens is 1. The van der Waals surface area contributed by atoms with Crippen LogP contribution in [0.2, 0.25) is 0 Å². The lowest BCUT2D eigenvalue weighted by Gasteiger charge is -2.33. The van der Waals surface area contributed by atoms with Gasteiger partial charge in [-0.2, -0.15) is 0 Å². The number of piperidine rings is 1. The molecule has 2 aromatic carbocycles. The monoisotopic (exact) mass is 380 g/mol. The summed E-state index contributed by atoms with van der Waals surface area (Å²) >= 11 is 0. The topological polar surface area (TPSA) is 57.7 Å². The molecule has 1 saturated heterocycles. The molecule has 1 aromatic heterocycles. The highest BCUT2D eigenvalue weighted by Crippen LogP contribution is 2.30. The molecule has 28 heavy (non-hydrogen) atoms. The van der Waals surface area contributed by atoms with E-state index in [2.05, 4.69) is 28.1 Å². The standard InChI is InChI=1S/C23H28N2O3/c1-27-20-5-2-4-18(14-20)17-9-12-25(13-10-17)15-19(26)16-28-23-7-3-6-22-21(23)8-11-24-22/h2-8,11,14,17,19,24,26H,9-10,12-13,15-16H2,1H3/t19-/m0/s1. The number of ether oxygens (including phenoxy) is 2. The zero-order chi connectivity index (χ0) is 19.3. The number of β-amino-alcohol motifs (C(OH)–C–C–N with tert-alkyl or cyclic N) is 1. The number of hydrogen-bond donors (Lipinski definition) is 2. The van der Waals surface area contributed by atoms with Crippen molar-refractivity contribution in [1.82, 2.24) is 9.88 Å². The van der Waals surface area contributed by atoms with E-state index in [1.165, 1.54) is 5.56 Å². The summed E-state index contributed by atoms with van der Waals surface area (Å²) in [4.78, 5) is 5.51. The van der Waals surface area contributed by atoms with Gasteiger partial charge in [0.2, 0.25) is 0 Å². The second-order valence-corrected chi connectivity index (χ2v) is 7.51. The van der Waals surface area contributed by atoms with E-state index in [0.717, 1.165) is 48.3 Å². The second-order valence-electron chi connectivity index (χ2n) is 7.51. The average Bonchev–Trinajstić information content (AvgIpc) is 3.22. The molecule has 4 rings (SSSR count). The summed E-state index contributed by atoms with van der Waals surface area (Å²) in [6, 6.07) is 16.3. The first-order valence-electron chi connectivity index (χ1n) is 9.96. The predicted octanol–water partition coefficient (Wildman–Crippen LogP) is 3.80. The van der Waals surface area contributed by atoms with Crippen molar-refractivity contribution < 1.29 is 14.6 Å². The molecule has 1 atom stereocenters. The van der Waals surface area contributed by atoms with Crippen LogP contribution < -0.4 is 9.47 Å². The van der Waals surface area contributed by atoms with Gasteiger partial charge in [-0.1, -0.05) is 18.2 Å². The average molecular weight is 380 g/mol. The number of benzene rings is 2. The number of aromatic amines is 1. The first-order chi connectivity index (χ1) is 13.7. The third kappa shape index (κ3) is 4.32. The fourth-order valence-electron chi connectivity index (χ4n) is 4.06. The van der Waals surface area contributed by atoms with Crippen LogP contribution >= 0.6 is 0 Å². The van der Waals surface area contributed by atoms with E-state index in [9.17, 15) is 5.11 Å². The van der Waals surface area contributed by atoms with Gasteiger partial charge in [0.05, 0.1) is 7.11 Å². The van der Waals surface area contributed by atoms with Gasteiger partial charge in [-0.05, 0) is 67.7 Å². The van der Waals surface area contributed by atoms with Crippen LogP contribution in [0.25, 0.3) is 10.9 Å². The Morgan fingerprint density at radius 2 is 1.96 bits per heavy atom. The van der Waals surface area contributed by atoms with Crippen LogP contribution in [-0.2, 0) is 0 Å². The number of rotatable bonds is 7. The summed E-state index contributed by atoms with van der Waals surface area (Å²) in [5.74, 6) is 2.30. The highest BCUT2D eigenvalue weighted by atomic mass is 16.5. The van der Waals surface area contributed by atoms with Gasteiger partial charge in [-0.25, -0.2) is 0 Å². The maximum absolute atomic E-state index is 10.4. The van der Waals surface area contributed by atoms with Gasteiger partial charge >= 0.3 is 0 Å². The summed E-state index contributed by atoms with van der Waals surface area (Å²) in [6.07, 6.45) is 3.61. The Balaban J connectivity index is 1.26. The molecule has 0 amide bonds. The van der Waals surface area contributed by atoms with E-state index in [1.54, 1.807) is 7.11 Å². The number of methoxy groups -OCH3 is 1. The van der Waals surface area contributed by atoms with E-state index in [4.69, 9.17) is 9.47 Å². The lowest BCUT2D eigenvalue weighted by Crippen LogP contribution is -2.40. The number of H-pyrrole nitrogens is 1. The fourth-order valence-corrected chi connectivity index (χ4v) is 4.06. The fraction of sp³-hybridized carbons (Fsp3) is 0.391. The Labute approximate surface area is 165 Å². The zero-order valence-electron chi connectivity index (χ0n) is 16.3. The first-order valence-corrected chi connectivity index (χ1v) is 9.96. The number of hydrogen-bond acceptors (Lipinski definition) is 4. The molecule has 1 aliphatic rings. The summed E-state index contributed by atoms with van der Waals surface area (Å²) in [7, 11) is 1.71. The largest absolute Gasteiger partial charge is 0.497 e. The van der Waals surface area contributed by atoms with Gasteiger partial charge in [0.15, 0.2) is 0 Å². The van der Waals surface area contributed by atoms with Crippen molar-refractivity contribution in [3.8, 4) is 11.5 Å². The summed E-state index contributed by atoms with van der Waals surface area (Å²) in [5.41, 5.74) is 2.40. The van der Waals surface area contributed by atoms with Crippen molar-refractivity contribution in [3.05, 3.63) is 60.3 Å². The Hall–Kier alpha value is -2.50. The Bertz CT molecular complexity index is 900. The first kappa shape index (κ1) is 18.8. The van der Waals surface area contributed by atoms with Crippen LogP contribution in [-0.4, -0.2) is 54.4 Å². The smallest absolute Gasteiger partial charge is 0.128 e. The molecule has 0 unspecified atom stereocenters. The SMILES string of the molecule is COc1cccc(C2CCN(C[C@H](O)COc3cccc4[nH]ccc34)CC2)c1. The van der Waals surface area contributed by atoms with Crippen LogP contribution in [0.4, 0.5) is 0 Å². The molecule has 0 aliphatic carbocycles. The number of nitrogens with zero attached hydrogens (tertiary/aromatic N) is 1. The molecule has 2 N–H and O–H groups in total. The maximum Gasteiger partial charge on any atom is 0.128 e. The molecule has 1 fully saturated rings. The number of aliphatic hydroxyl groups is 1. The number of likely N-dealkylation sites (tertiary alicyclic amines) is 1. The van der Waals surface area contributed by atoms with Crippen molar-refractivity contribution in [1.29, 1.82) is 0 Å². The van der Waals surface area contributed by atoms with Gasteiger partial charge in [0, 0.05) is 23.6 Å². The van der Waals surface area contributed by atoms with E-state index in [-0.39, 0.29) is 0 Å². The minimum atomic E-state index is -0.498. The van der Waals surface area contributed by atoms with Crippen molar-refractivity contribution in [3.63, 3.8) is 0 Å². The van der Waals surface area contributed by atoms with E-state index in [0.29, 0.717) is 19.1 Å². The molecule has 3 aromatic rings. The quantitative estimate of drug-likeness (QED) is 0.655. The highest BCUT2D eigenvalue weighted by Gasteiger charge is 2.22. The van der Waals surface area contributed by atoms with Crippen molar-refractivity contribution >= 4 is 10.9 Å². The summed E-state index contributed by atoms with van der Waals surface area (Å²) in [5, 5.41) is 11.5. The predicted molar refractivity (Wildman–Crippen MR) is 111 cm³/mol. The van der Waals surface area contributed by atoms with Gasteiger partial charge in [0.1, 0.15) is 24.2 Å². The summed E-state index contributed by atoms with van der Waals surface area (Å²) in [6.45, 7) is 2.94. The minimum Gasteiger partial charge on any atom is -0.497 e. The molecule has 5 nitrogen and oxygen atoms in total. The molecule has 0 bridgehead atoms. The highest BCUT2D eigenvalue weighted by molar-refractivity contribution is 5.85. The van der Waals surface area contributed by atoms with Gasteiger partial charge in [0.25, 0.3) is 0 Å². The molecule has 5 heteroatoms. The number of fused-ring (bicyclic) bond motifs is 1. The Kier molecular flexibility index (Phi) is 5.84. The Morgan fingerprint density at radius 3 is 2.79 bits per heavy atom. The third-order valence-electron chi connectivity index (χ3n) is 5.61. The minimum absolute atomic E-state index is 0.306. The van der Waals surface area contributed by atoms with E-state index >= 15 is 0 Å². The van der Waals surface area contributed by atoms with Crippen molar-refractivity contribution in [2.45, 2.75) is 24.9 Å². The zero-order valence-corrected chi connectivity index (χ0v) is 16.3. The molecule has 1 aliphatic heterocycles. The molecular formula is C23H28N2O3. The molecule has 148 valence electrons. The number of aliphatic hydroxyl groups excluding tert-OH is 1. The van der Waals surface area contributed by atoms with E-state index in [1.807, 2.05) is 36.5 Å². The van der Waals surface area contributed by atoms with Gasteiger partial charge in [-0.15, -0.1) is 0 Å². The summed E-state index contributed by atoms with van der Waals surface area (Å²) < 4.78 is 11.2. The van der Waals surface area contributed by atoms with Crippen molar-refractivity contribution in [2.24, 2.45) is 0 Å². The van der Waals surface area contributed by atoms with Crippen LogP contribution in [0.15, 0.2) is 54.7 Å². The molecule has 0 radical (unpaired) electrons. The van der Waals surface area contributed by atoms with Crippen molar-refractivity contribution in [2.75, 3.05) is 33.4 Å². The van der Waals surface area contributed by atoms with Gasteiger partial charge < -0.3 is 24.5 Å². The van der Waals surface area contributed by atoms with Gasteiger partial charge in [-0.3, -0.25) is 0 Å². The number of nitrogens with one attached hydrogen (secondary N) is 1. The maximum atomic E-state index is 10.4. The third-order valence-corrected chi connectivity index (χ3v) is 5.61. The Morgan fingerprint density at radius 1 is 1.14 bits per heavy atom. The van der Waals surface area contributed by atoms with Crippen LogP contribution in [0.5, 0.6) is 11.5 Å². The van der Waals surface area contributed by atoms with Crippen LogP contribution in [0, 0.1) is 0 Å². The molecule has 2 heterocycles. The van der Waals surface area contributed by atoms with E-state index < -0.39 is 6.10 Å². The molecule has 0 spiro atoms. The second kappa shape index (κ2) is 8.67. The lowest BCUT2D eigenvalue weighted by atomic mass is 9.89.